The van der Waals surface area contributed by atoms with Crippen molar-refractivity contribution >= 4 is 77.2 Å². The van der Waals surface area contributed by atoms with Gasteiger partial charge < -0.3 is 67.3 Å². The Kier molecular flexibility index (Phi) is 76.8. The standard InChI is InChI=1S/C7H12O5.C7H12O4.C7H10O3.C7H6O2.C7H14O2.C7H12O.C6H10O4.C6H10O.C6H6O.CO2.3H2O/c8-6(9)4-2-1-3-5-7(10)12-11;8-6(9)4-2-1-3-5-7(10)11;8-6-4-2-1-3-5(6)7(9)10;8-7(9)6-4-2-1-3-5-6;1-2-3-4-5-6-7(8)9;1-6-4-2-3-5-7(6)8;7-5(8)3-1-2-4-6(9)10;2*7-6-4-2-1-3-5-6;2-1-3;;;/h11H,1-5H2,(H,8,9);1-5H2,(H,8,9)(H,10,11);5H,1-4H2,(H,9,10);1-5H,(H,8,9);2-6H2,1H3,(H,8,9);6H,2-5H2,1H3;1-4H2,(H,7,8)(H,9,10);1-5H2;1-5,7H;;3*1H2. The highest BCUT2D eigenvalue weighted by molar-refractivity contribution is 5.98. The molecule has 2 aromatic rings. The molecular formula is C61H98O28. The summed E-state index contributed by atoms with van der Waals surface area (Å²) in [6, 6.07) is 17.0. The number of phenolic OH excluding ortho intramolecular Hbond substituents is 1. The summed E-state index contributed by atoms with van der Waals surface area (Å²) >= 11 is 0. The summed E-state index contributed by atoms with van der Waals surface area (Å²) in [6.07, 6.45) is 22.2. The van der Waals surface area contributed by atoms with Crippen LogP contribution >= 0.6 is 0 Å². The van der Waals surface area contributed by atoms with E-state index in [1.54, 1.807) is 54.6 Å². The first-order valence-corrected chi connectivity index (χ1v) is 28.7. The Labute approximate surface area is 518 Å². The third-order valence-electron chi connectivity index (χ3n) is 11.8. The number of hydrogen-bond acceptors (Lipinski definition) is 17. The van der Waals surface area contributed by atoms with Gasteiger partial charge in [-0.2, -0.15) is 14.8 Å². The van der Waals surface area contributed by atoms with Crippen molar-refractivity contribution in [1.29, 1.82) is 0 Å². The van der Waals surface area contributed by atoms with E-state index in [0.717, 1.165) is 77.0 Å². The van der Waals surface area contributed by atoms with Gasteiger partial charge in [-0.05, 0) is 108 Å². The molecule has 28 heteroatoms. The van der Waals surface area contributed by atoms with Crippen LogP contribution in [0.2, 0.25) is 0 Å². The number of unbranched alkanes of at least 4 members (excludes halogenated alkanes) is 8. The van der Waals surface area contributed by atoms with Crippen molar-refractivity contribution < 1.29 is 140 Å². The SMILES string of the molecule is CC1CCCCC1=O.CCCCCCC(=O)O.O.O.O.O=C(O)C1CCCCC1=O.O=C(O)CCCCC(=O)O.O=C(O)CCCCCC(=O)O.O=C(O)CCCCCC(=O)OO.O=C(O)c1ccccc1.O=C1CCCCC1.O=C=O.Oc1ccccc1. The van der Waals surface area contributed by atoms with E-state index in [0.29, 0.717) is 99.4 Å². The number of carboxylic acids is 8. The molecule has 3 saturated carbocycles. The molecule has 0 aromatic heterocycles. The second-order valence-electron chi connectivity index (χ2n) is 19.4. The van der Waals surface area contributed by atoms with Gasteiger partial charge in [-0.15, -0.1) is 0 Å². The van der Waals surface area contributed by atoms with Gasteiger partial charge >= 0.3 is 59.9 Å². The molecule has 0 saturated heterocycles. The first-order valence-electron chi connectivity index (χ1n) is 28.7. The highest BCUT2D eigenvalue weighted by Gasteiger charge is 2.28. The summed E-state index contributed by atoms with van der Waals surface area (Å²) in [5.74, 6) is -6.57. The fourth-order valence-corrected chi connectivity index (χ4v) is 7.11. The lowest BCUT2D eigenvalue weighted by Gasteiger charge is -2.15. The zero-order valence-corrected chi connectivity index (χ0v) is 51.2. The molecule has 2 atom stereocenters. The predicted molar refractivity (Wildman–Crippen MR) is 321 cm³/mol. The number of carboxylic acid groups (broad SMARTS) is 8. The summed E-state index contributed by atoms with van der Waals surface area (Å²) in [4.78, 5) is 142. The Hall–Kier alpha value is -8.30. The Morgan fingerprint density at radius 3 is 1.01 bits per heavy atom. The van der Waals surface area contributed by atoms with E-state index < -0.39 is 59.6 Å². The third-order valence-corrected chi connectivity index (χ3v) is 11.8. The minimum Gasteiger partial charge on any atom is -0.508 e. The molecule has 510 valence electrons. The van der Waals surface area contributed by atoms with Gasteiger partial charge in [0.1, 0.15) is 29.0 Å². The average molecular weight is 1280 g/mol. The highest BCUT2D eigenvalue weighted by atomic mass is 17.1. The van der Waals surface area contributed by atoms with Crippen molar-refractivity contribution in [2.75, 3.05) is 0 Å². The number of rotatable bonds is 24. The van der Waals surface area contributed by atoms with Crippen molar-refractivity contribution in [2.45, 2.75) is 219 Å². The van der Waals surface area contributed by atoms with Crippen LogP contribution in [0.1, 0.15) is 230 Å². The zero-order valence-electron chi connectivity index (χ0n) is 51.2. The molecule has 0 radical (unpaired) electrons. The van der Waals surface area contributed by atoms with E-state index in [1.807, 2.05) is 13.0 Å². The number of Topliss-reactive ketones (excluding diaryl/α,β-unsaturated/α-hetero) is 3. The summed E-state index contributed by atoms with van der Waals surface area (Å²) < 4.78 is 0. The van der Waals surface area contributed by atoms with Crippen molar-refractivity contribution in [2.24, 2.45) is 11.8 Å². The Morgan fingerprint density at radius 2 is 0.775 bits per heavy atom. The van der Waals surface area contributed by atoms with E-state index >= 15 is 0 Å². The minimum atomic E-state index is -0.954. The Morgan fingerprint density at radius 1 is 0.449 bits per heavy atom. The lowest BCUT2D eigenvalue weighted by Crippen LogP contribution is -2.26. The molecule has 2 aromatic carbocycles. The molecule has 0 bridgehead atoms. The van der Waals surface area contributed by atoms with Crippen molar-refractivity contribution in [3.63, 3.8) is 0 Å². The molecule has 5 rings (SSSR count). The summed E-state index contributed by atoms with van der Waals surface area (Å²) in [6.45, 7) is 4.14. The summed E-state index contributed by atoms with van der Waals surface area (Å²) in [5.41, 5.74) is 0.331. The molecule has 2 unspecified atom stereocenters. The van der Waals surface area contributed by atoms with Crippen LogP contribution in [0.15, 0.2) is 60.7 Å². The van der Waals surface area contributed by atoms with Gasteiger partial charge in [-0.3, -0.25) is 47.9 Å². The second-order valence-corrected chi connectivity index (χ2v) is 19.4. The number of carbonyl (C=O) groups is 12. The van der Waals surface area contributed by atoms with Crippen LogP contribution in [0.3, 0.4) is 0 Å². The lowest BCUT2D eigenvalue weighted by atomic mass is 9.88. The summed E-state index contributed by atoms with van der Waals surface area (Å²) in [7, 11) is 0. The Balaban J connectivity index is -0.000000137. The molecule has 3 fully saturated rings. The number of aliphatic carboxylic acids is 7. The molecule has 0 amide bonds. The monoisotopic (exact) mass is 1280 g/mol. The number of aromatic carboxylic acids is 1. The molecule has 3 aliphatic carbocycles. The molecule has 28 nitrogen and oxygen atoms in total. The number of benzene rings is 2. The maximum atomic E-state index is 10.9. The molecule has 89 heavy (non-hydrogen) atoms. The number of phenols is 1. The normalized spacial score (nSPS) is 13.6. The molecule has 3 aliphatic rings. The maximum Gasteiger partial charge on any atom is 0.373 e. The van der Waals surface area contributed by atoms with Crippen LogP contribution in [0, 0.1) is 11.8 Å². The highest BCUT2D eigenvalue weighted by Crippen LogP contribution is 2.21. The van der Waals surface area contributed by atoms with Gasteiger partial charge in [0, 0.05) is 76.5 Å². The van der Waals surface area contributed by atoms with Gasteiger partial charge in [0.2, 0.25) is 0 Å². The number of aromatic hydroxyl groups is 1. The van der Waals surface area contributed by atoms with Gasteiger partial charge in [0.15, 0.2) is 0 Å². The van der Waals surface area contributed by atoms with Gasteiger partial charge in [-0.1, -0.05) is 102 Å². The van der Waals surface area contributed by atoms with E-state index in [2.05, 4.69) is 11.8 Å². The third kappa shape index (κ3) is 81.8. The quantitative estimate of drug-likeness (QED) is 0.0203. The topological polar surface area (TPSA) is 545 Å². The predicted octanol–water partition coefficient (Wildman–Crippen LogP) is 8.74. The van der Waals surface area contributed by atoms with Crippen molar-refractivity contribution in [3.05, 3.63) is 66.2 Å². The van der Waals surface area contributed by atoms with E-state index in [9.17, 15) is 57.5 Å². The minimum absolute atomic E-state index is 0. The molecule has 0 spiro atoms. The van der Waals surface area contributed by atoms with Gasteiger partial charge in [-0.25, -0.2) is 9.59 Å². The van der Waals surface area contributed by atoms with Crippen LogP contribution < -0.4 is 0 Å². The maximum absolute atomic E-state index is 10.9. The first kappa shape index (κ1) is 97.0. The van der Waals surface area contributed by atoms with Gasteiger partial charge in [0.25, 0.3) is 0 Å². The van der Waals surface area contributed by atoms with Crippen molar-refractivity contribution in [3.8, 4) is 5.75 Å². The fourth-order valence-electron chi connectivity index (χ4n) is 7.11. The van der Waals surface area contributed by atoms with Crippen LogP contribution in [-0.2, 0) is 67.2 Å². The van der Waals surface area contributed by atoms with Crippen LogP contribution in [0.5, 0.6) is 5.75 Å². The fraction of sp³-hybridized carbons (Fsp3) is 0.590. The van der Waals surface area contributed by atoms with Crippen molar-refractivity contribution in [1.82, 2.24) is 0 Å². The van der Waals surface area contributed by atoms with E-state index in [-0.39, 0.29) is 66.9 Å². The van der Waals surface area contributed by atoms with Crippen LogP contribution in [0.4, 0.5) is 0 Å². The first-order chi connectivity index (χ1) is 40.7. The largest absolute Gasteiger partial charge is 0.508 e. The van der Waals surface area contributed by atoms with Crippen LogP contribution in [0.25, 0.3) is 0 Å². The molecular weight excluding hydrogens is 1180 g/mol. The summed E-state index contributed by atoms with van der Waals surface area (Å²) in [5, 5.41) is 82.5. The molecule has 0 heterocycles. The average Bonchev–Trinajstić information content (AvgIpc) is 3.68. The molecule has 16 N–H and O–H groups in total. The number of carbonyl (C=O) groups excluding carboxylic acids is 6. The number of ketones is 3. The molecule has 0 aliphatic heterocycles. The Bertz CT molecular complexity index is 2170. The number of hydrogen-bond donors (Lipinski definition) is 10. The van der Waals surface area contributed by atoms with Gasteiger partial charge in [0.05, 0.1) is 5.56 Å². The second kappa shape index (κ2) is 70.5. The smallest absolute Gasteiger partial charge is 0.373 e. The number of para-hydroxylation sites is 1. The van der Waals surface area contributed by atoms with Crippen LogP contribution in [-0.4, -0.2) is 145 Å². The van der Waals surface area contributed by atoms with E-state index in [1.165, 1.54) is 19.3 Å². The zero-order chi connectivity index (χ0) is 66.4. The van der Waals surface area contributed by atoms with E-state index in [4.69, 9.17) is 60.8 Å². The lowest BCUT2D eigenvalue weighted by molar-refractivity contribution is -0.234.